The predicted molar refractivity (Wildman–Crippen MR) is 120 cm³/mol. The zero-order valence-electron chi connectivity index (χ0n) is 18.4. The van der Waals surface area contributed by atoms with E-state index in [9.17, 15) is 0 Å². The van der Waals surface area contributed by atoms with E-state index in [4.69, 9.17) is 14.2 Å². The second-order valence-corrected chi connectivity index (χ2v) is 7.07. The number of benzene rings is 1. The maximum absolute atomic E-state index is 5.46. The molecule has 0 aliphatic rings. The highest BCUT2D eigenvalue weighted by molar-refractivity contribution is 5.87. The number of hydrogen-bond donors (Lipinski definition) is 2. The first-order valence-corrected chi connectivity index (χ1v) is 9.88. The van der Waals surface area contributed by atoms with E-state index in [2.05, 4.69) is 49.4 Å². The summed E-state index contributed by atoms with van der Waals surface area (Å²) in [6.07, 6.45) is 6.53. The predicted octanol–water partition coefficient (Wildman–Crippen LogP) is 3.71. The lowest BCUT2D eigenvalue weighted by Gasteiger charge is -2.15. The molecule has 166 valence electrons. The minimum atomic E-state index is 0.160. The number of nitrogens with zero attached hydrogens (tertiary/aromatic N) is 6. The first-order chi connectivity index (χ1) is 15.5. The first kappa shape index (κ1) is 21.1. The Kier molecular flexibility index (Phi) is 5.88. The van der Waals surface area contributed by atoms with Crippen molar-refractivity contribution in [1.82, 2.24) is 29.5 Å². The lowest BCUT2D eigenvalue weighted by molar-refractivity contribution is 0.324. The van der Waals surface area contributed by atoms with Gasteiger partial charge in [0, 0.05) is 36.3 Å². The second kappa shape index (κ2) is 8.92. The van der Waals surface area contributed by atoms with Crippen LogP contribution in [0.15, 0.2) is 37.1 Å². The molecular formula is C21H24N8O3. The molecule has 0 radical (unpaired) electrons. The van der Waals surface area contributed by atoms with Crippen molar-refractivity contribution < 1.29 is 14.2 Å². The molecule has 32 heavy (non-hydrogen) atoms. The SMILES string of the molecule is COc1cc(Nc2nc(Nc3cnccn3)nc3c2ncn3C(C)C)cc(OC)c1OC. The number of nitrogens with one attached hydrogen (secondary N) is 2. The Morgan fingerprint density at radius 1 is 0.906 bits per heavy atom. The third-order valence-corrected chi connectivity index (χ3v) is 4.71. The number of ether oxygens (including phenoxy) is 3. The summed E-state index contributed by atoms with van der Waals surface area (Å²) in [4.78, 5) is 22.1. The average molecular weight is 436 g/mol. The number of fused-ring (bicyclic) bond motifs is 1. The summed E-state index contributed by atoms with van der Waals surface area (Å²) < 4.78 is 18.3. The Labute approximate surface area is 184 Å². The van der Waals surface area contributed by atoms with E-state index < -0.39 is 0 Å². The van der Waals surface area contributed by atoms with Crippen LogP contribution in [0, 0.1) is 0 Å². The molecule has 11 nitrogen and oxygen atoms in total. The third kappa shape index (κ3) is 4.04. The van der Waals surface area contributed by atoms with Gasteiger partial charge in [-0.1, -0.05) is 0 Å². The van der Waals surface area contributed by atoms with E-state index in [-0.39, 0.29) is 6.04 Å². The van der Waals surface area contributed by atoms with Crippen LogP contribution in [0.4, 0.5) is 23.3 Å². The Balaban J connectivity index is 1.81. The van der Waals surface area contributed by atoms with Gasteiger partial charge < -0.3 is 29.4 Å². The molecule has 0 aliphatic carbocycles. The highest BCUT2D eigenvalue weighted by Gasteiger charge is 2.18. The minimum absolute atomic E-state index is 0.160. The van der Waals surface area contributed by atoms with E-state index in [1.54, 1.807) is 58.4 Å². The van der Waals surface area contributed by atoms with Gasteiger partial charge in [-0.25, -0.2) is 9.97 Å². The molecule has 0 aliphatic heterocycles. The first-order valence-electron chi connectivity index (χ1n) is 9.88. The smallest absolute Gasteiger partial charge is 0.232 e. The summed E-state index contributed by atoms with van der Waals surface area (Å²) in [5, 5.41) is 6.40. The molecule has 0 saturated heterocycles. The zero-order valence-corrected chi connectivity index (χ0v) is 18.4. The Bertz CT molecular complexity index is 1200. The minimum Gasteiger partial charge on any atom is -0.493 e. The van der Waals surface area contributed by atoms with E-state index in [1.807, 2.05) is 4.57 Å². The highest BCUT2D eigenvalue weighted by Crippen LogP contribution is 2.41. The van der Waals surface area contributed by atoms with Gasteiger partial charge in [0.15, 0.2) is 34.3 Å². The number of anilines is 4. The van der Waals surface area contributed by atoms with Crippen molar-refractivity contribution in [1.29, 1.82) is 0 Å². The summed E-state index contributed by atoms with van der Waals surface area (Å²) in [7, 11) is 4.69. The lowest BCUT2D eigenvalue weighted by Crippen LogP contribution is -2.06. The van der Waals surface area contributed by atoms with Crippen molar-refractivity contribution >= 4 is 34.4 Å². The fourth-order valence-corrected chi connectivity index (χ4v) is 3.21. The molecule has 0 spiro atoms. The van der Waals surface area contributed by atoms with Crippen LogP contribution < -0.4 is 24.8 Å². The van der Waals surface area contributed by atoms with Crippen LogP contribution in [-0.2, 0) is 0 Å². The van der Waals surface area contributed by atoms with E-state index in [0.29, 0.717) is 51.7 Å². The van der Waals surface area contributed by atoms with Gasteiger partial charge >= 0.3 is 0 Å². The zero-order chi connectivity index (χ0) is 22.7. The van der Waals surface area contributed by atoms with Gasteiger partial charge in [0.05, 0.1) is 33.9 Å². The summed E-state index contributed by atoms with van der Waals surface area (Å²) in [6, 6.07) is 3.75. The van der Waals surface area contributed by atoms with Crippen molar-refractivity contribution in [2.75, 3.05) is 32.0 Å². The molecule has 1 aromatic carbocycles. The molecule has 0 saturated carbocycles. The quantitative estimate of drug-likeness (QED) is 0.423. The van der Waals surface area contributed by atoms with Crippen molar-refractivity contribution in [3.63, 3.8) is 0 Å². The molecule has 0 atom stereocenters. The maximum Gasteiger partial charge on any atom is 0.232 e. The van der Waals surface area contributed by atoms with Crippen LogP contribution in [0.3, 0.4) is 0 Å². The van der Waals surface area contributed by atoms with Crippen molar-refractivity contribution in [3.8, 4) is 17.2 Å². The van der Waals surface area contributed by atoms with Crippen molar-refractivity contribution in [2.45, 2.75) is 19.9 Å². The largest absolute Gasteiger partial charge is 0.493 e. The third-order valence-electron chi connectivity index (χ3n) is 4.71. The summed E-state index contributed by atoms with van der Waals surface area (Å²) >= 11 is 0. The topological polar surface area (TPSA) is 121 Å². The molecule has 11 heteroatoms. The van der Waals surface area contributed by atoms with E-state index >= 15 is 0 Å². The fraction of sp³-hybridized carbons (Fsp3) is 0.286. The van der Waals surface area contributed by atoms with E-state index in [0.717, 1.165) is 0 Å². The summed E-state index contributed by atoms with van der Waals surface area (Å²) in [5.41, 5.74) is 1.98. The van der Waals surface area contributed by atoms with Crippen LogP contribution in [-0.4, -0.2) is 50.8 Å². The molecule has 0 unspecified atom stereocenters. The number of aromatic nitrogens is 6. The van der Waals surface area contributed by atoms with E-state index in [1.165, 1.54) is 0 Å². The summed E-state index contributed by atoms with van der Waals surface area (Å²) in [5.74, 6) is 2.93. The van der Waals surface area contributed by atoms with Crippen LogP contribution in [0.1, 0.15) is 19.9 Å². The van der Waals surface area contributed by atoms with Gasteiger partial charge in [0.25, 0.3) is 0 Å². The van der Waals surface area contributed by atoms with Crippen molar-refractivity contribution in [3.05, 3.63) is 37.1 Å². The van der Waals surface area contributed by atoms with Crippen LogP contribution >= 0.6 is 0 Å². The molecular weight excluding hydrogens is 412 g/mol. The van der Waals surface area contributed by atoms with Crippen LogP contribution in [0.5, 0.6) is 17.2 Å². The normalized spacial score (nSPS) is 10.9. The molecule has 2 N–H and O–H groups in total. The Morgan fingerprint density at radius 2 is 1.66 bits per heavy atom. The van der Waals surface area contributed by atoms with Gasteiger partial charge in [-0.15, -0.1) is 0 Å². The van der Waals surface area contributed by atoms with Crippen molar-refractivity contribution in [2.24, 2.45) is 0 Å². The van der Waals surface area contributed by atoms with Gasteiger partial charge in [-0.2, -0.15) is 9.97 Å². The fourth-order valence-electron chi connectivity index (χ4n) is 3.21. The van der Waals surface area contributed by atoms with Gasteiger partial charge in [0.2, 0.25) is 11.7 Å². The van der Waals surface area contributed by atoms with Gasteiger partial charge in [-0.05, 0) is 13.8 Å². The van der Waals surface area contributed by atoms with Gasteiger partial charge in [-0.3, -0.25) is 4.98 Å². The summed E-state index contributed by atoms with van der Waals surface area (Å²) in [6.45, 7) is 4.12. The lowest BCUT2D eigenvalue weighted by atomic mass is 10.2. The number of rotatable bonds is 8. The Hall–Kier alpha value is -4.15. The molecule has 0 amide bonds. The molecule has 0 bridgehead atoms. The molecule has 3 aromatic heterocycles. The standard InChI is InChI=1S/C21H24N8O3/c1-12(2)29-11-24-17-19(25-13-8-14(30-3)18(32-5)15(9-13)31-4)27-21(28-20(17)29)26-16-10-22-6-7-23-16/h6-12H,1-5H3,(H2,23,25,26,27,28). The van der Waals surface area contributed by atoms with Crippen LogP contribution in [0.2, 0.25) is 0 Å². The number of methoxy groups -OCH3 is 3. The number of hydrogen-bond acceptors (Lipinski definition) is 10. The molecule has 4 aromatic rings. The number of imidazole rings is 1. The van der Waals surface area contributed by atoms with Crippen LogP contribution in [0.25, 0.3) is 11.2 Å². The molecule has 4 rings (SSSR count). The van der Waals surface area contributed by atoms with Gasteiger partial charge in [0.1, 0.15) is 0 Å². The molecule has 3 heterocycles. The average Bonchev–Trinajstić information content (AvgIpc) is 3.23. The molecule has 0 fully saturated rings. The maximum atomic E-state index is 5.46. The second-order valence-electron chi connectivity index (χ2n) is 7.07. The highest BCUT2D eigenvalue weighted by atomic mass is 16.5. The Morgan fingerprint density at radius 3 is 2.25 bits per heavy atom. The monoisotopic (exact) mass is 436 g/mol.